The van der Waals surface area contributed by atoms with Gasteiger partial charge >= 0.3 is 400 Å². The minimum Gasteiger partial charge on any atom is -0.460 e. The predicted octanol–water partition coefficient (Wildman–Crippen LogP) is 2.55. The Morgan fingerprint density at radius 2 is 0.901 bits per heavy atom. The fourth-order valence-electron chi connectivity index (χ4n) is 9.80. The molecule has 0 aromatic heterocycles. The van der Waals surface area contributed by atoms with Gasteiger partial charge in [-0.05, 0) is 5.56 Å². The Morgan fingerprint density at radius 1 is 0.519 bits per heavy atom. The zero-order chi connectivity index (χ0) is 58.9. The van der Waals surface area contributed by atoms with E-state index in [1.807, 2.05) is 11.4 Å². The average Bonchev–Trinajstić information content (AvgIpc) is 3.51. The average molecular weight is 1120 g/mol. The van der Waals surface area contributed by atoms with Gasteiger partial charge in [-0.2, -0.15) is 0 Å². The number of aliphatic carboxylic acids is 1. The number of benzene rings is 3. The number of ketones is 2. The molecule has 0 radical (unpaired) electrons. The van der Waals surface area contributed by atoms with E-state index < -0.39 is 108 Å². The Morgan fingerprint density at radius 3 is 1.27 bits per heavy atom. The fraction of sp³-hybridized carbons (Fsp3) is 0.509. The second-order valence-electron chi connectivity index (χ2n) is 19.9. The SMILES string of the molecule is CCCC(NC(=O)[C@@H](NC(=O)[C@@H](NCB=O)C1CCCCC1)c1ccccc1)C(=O)C(=O)NCC(=O)O.CCCC(NC(=O)[C@@H](NC(=O)[C@@H](NCB=O)C1CCCCC1)c1ccccc1)C(=O)C(=O)NCC(=O)OCc1ccccc1. The Labute approximate surface area is 473 Å². The molecule has 2 saturated carbocycles. The van der Waals surface area contributed by atoms with Crippen molar-refractivity contribution in [2.75, 3.05) is 26.0 Å². The van der Waals surface area contributed by atoms with Crippen molar-refractivity contribution in [1.29, 1.82) is 0 Å². The van der Waals surface area contributed by atoms with E-state index in [9.17, 15) is 57.4 Å². The van der Waals surface area contributed by atoms with Gasteiger partial charge in [-0.25, -0.2) is 0 Å². The van der Waals surface area contributed by atoms with Crippen molar-refractivity contribution in [3.05, 3.63) is 108 Å². The topological polar surface area (TPSA) is 331 Å². The summed E-state index contributed by atoms with van der Waals surface area (Å²) in [5.41, 5.74) is 1.74. The van der Waals surface area contributed by atoms with Gasteiger partial charge in [-0.3, -0.25) is 9.59 Å². The van der Waals surface area contributed by atoms with E-state index in [1.165, 1.54) is 0 Å². The number of carbonyl (C=O) groups excluding carboxylic acids is 9. The molecule has 2 aliphatic carbocycles. The van der Waals surface area contributed by atoms with Crippen LogP contribution in [-0.4, -0.2) is 128 Å². The number of hydrogen-bond acceptors (Lipinski definition) is 15. The summed E-state index contributed by atoms with van der Waals surface area (Å²) in [7, 11) is 1.38. The van der Waals surface area contributed by atoms with Crippen molar-refractivity contribution in [2.24, 2.45) is 11.8 Å². The molecule has 22 nitrogen and oxygen atoms in total. The van der Waals surface area contributed by atoms with Crippen molar-refractivity contribution in [2.45, 2.75) is 147 Å². The number of Topliss-reactive ketones (excluding diaryl/α,β-unsaturated/α-hetero) is 2. The molecule has 2 unspecified atom stereocenters. The monoisotopic (exact) mass is 1120 g/mol. The van der Waals surface area contributed by atoms with Crippen LogP contribution in [0.15, 0.2) is 91.0 Å². The van der Waals surface area contributed by atoms with Crippen LogP contribution in [-0.2, 0) is 68.7 Å². The summed E-state index contributed by atoms with van der Waals surface area (Å²) in [5, 5.41) is 29.8. The van der Waals surface area contributed by atoms with E-state index in [4.69, 9.17) is 9.84 Å². The maximum atomic E-state index is 13.6. The van der Waals surface area contributed by atoms with Crippen LogP contribution >= 0.6 is 0 Å². The van der Waals surface area contributed by atoms with Gasteiger partial charge in [0, 0.05) is 0 Å². The van der Waals surface area contributed by atoms with Gasteiger partial charge in [0.1, 0.15) is 19.7 Å². The minimum absolute atomic E-state index is 0.00122. The van der Waals surface area contributed by atoms with Crippen LogP contribution in [0.4, 0.5) is 0 Å². The summed E-state index contributed by atoms with van der Waals surface area (Å²) in [4.78, 5) is 127. The second-order valence-corrected chi connectivity index (χ2v) is 19.9. The molecular formula is C57H76B2N8O14. The third kappa shape index (κ3) is 22.8. The summed E-state index contributed by atoms with van der Waals surface area (Å²) in [5.74, 6) is -8.23. The smallest absolute Gasteiger partial charge is 0.460 e. The van der Waals surface area contributed by atoms with E-state index in [1.54, 1.807) is 98.8 Å². The van der Waals surface area contributed by atoms with E-state index >= 15 is 0 Å². The molecule has 5 rings (SSSR count). The number of carboxylic acids is 1. The van der Waals surface area contributed by atoms with Crippen LogP contribution < -0.4 is 42.5 Å². The molecule has 434 valence electrons. The Hall–Kier alpha value is -7.59. The van der Waals surface area contributed by atoms with Gasteiger partial charge in [-0.15, -0.1) is 0 Å². The maximum absolute atomic E-state index is 13.6. The zero-order valence-electron chi connectivity index (χ0n) is 46.1. The van der Waals surface area contributed by atoms with Crippen LogP contribution in [0, 0.1) is 11.8 Å². The van der Waals surface area contributed by atoms with Crippen LogP contribution in [0.1, 0.15) is 133 Å². The Balaban J connectivity index is 0.000000354. The van der Waals surface area contributed by atoms with Gasteiger partial charge in [0.05, 0.1) is 0 Å². The molecule has 0 aliphatic heterocycles. The molecule has 3 aromatic rings. The molecular weight excluding hydrogens is 1040 g/mol. The van der Waals surface area contributed by atoms with Gasteiger partial charge in [-0.1, -0.05) is 30.3 Å². The van der Waals surface area contributed by atoms with Crippen molar-refractivity contribution >= 4 is 73.2 Å². The van der Waals surface area contributed by atoms with Crippen molar-refractivity contribution in [3.8, 4) is 0 Å². The van der Waals surface area contributed by atoms with Crippen LogP contribution in [0.25, 0.3) is 0 Å². The summed E-state index contributed by atoms with van der Waals surface area (Å²) in [6.07, 6.45) is 10.6. The third-order valence-electron chi connectivity index (χ3n) is 13.9. The molecule has 81 heavy (non-hydrogen) atoms. The standard InChI is InChI=1S/C32H41BN4O7.C25H35BN4O7/c1-2-12-25(29(39)32(42)34-19-26(38)44-20-22-13-6-3-7-14-22)36-31(41)28(24-17-10-5-11-18-24)37-30(40)27(35-21-33-43)23-15-8-4-9-16-23;1-2-9-18(22(33)25(36)27-14-19(31)32)29-24(35)21(17-12-7-4-8-13-17)30-23(34)20(28-15-26-37)16-10-5-3-6-11-16/h3,5-7,10-11,13-14,17-18,23,25,27-28,35H,2,4,8-9,12,15-16,19-21H2,1H3,(H,34,42)(H,36,41)(H,37,40);4,7-8,12-13,16,18,20-21,28H,2-3,5-6,9-11,14-15H2,1H3,(H,27,36)(H,29,35)(H,30,34)(H,31,32)/t25?,27-,28-;18?,20-,21-/m00/s1. The first-order valence-corrected chi connectivity index (χ1v) is 27.8. The van der Waals surface area contributed by atoms with Crippen LogP contribution in [0.5, 0.6) is 0 Å². The molecule has 0 spiro atoms. The minimum atomic E-state index is -1.31. The molecule has 6 atom stereocenters. The summed E-state index contributed by atoms with van der Waals surface area (Å²) < 4.78 is 27.2. The first kappa shape index (κ1) is 65.9. The quantitative estimate of drug-likeness (QED) is 0.0246. The van der Waals surface area contributed by atoms with E-state index in [0.29, 0.717) is 38.3 Å². The Bertz CT molecular complexity index is 2550. The van der Waals surface area contributed by atoms with Crippen LogP contribution in [0.2, 0.25) is 0 Å². The van der Waals surface area contributed by atoms with Gasteiger partial charge < -0.3 is 9.84 Å². The van der Waals surface area contributed by atoms with E-state index in [2.05, 4.69) is 37.2 Å². The number of amides is 6. The molecule has 24 heteroatoms. The second kappa shape index (κ2) is 36.6. The number of carbonyl (C=O) groups is 10. The number of ether oxygens (including phenoxy) is 1. The number of esters is 1. The molecule has 6 amide bonds. The molecule has 2 fully saturated rings. The van der Waals surface area contributed by atoms with E-state index in [0.717, 1.165) is 69.8 Å². The molecule has 3 aromatic carbocycles. The Kier molecular flexibility index (Phi) is 29.8. The normalized spacial score (nSPS) is 15.5. The molecule has 0 bridgehead atoms. The fourth-order valence-corrected chi connectivity index (χ4v) is 9.80. The van der Waals surface area contributed by atoms with Gasteiger partial charge in [0.2, 0.25) is 0 Å². The summed E-state index contributed by atoms with van der Waals surface area (Å²) in [6, 6.07) is 20.1. The van der Waals surface area contributed by atoms with Crippen LogP contribution in [0.3, 0.4) is 0 Å². The number of rotatable bonds is 32. The molecule has 2 aliphatic rings. The van der Waals surface area contributed by atoms with Gasteiger partial charge in [0.25, 0.3) is 0 Å². The predicted molar refractivity (Wildman–Crippen MR) is 298 cm³/mol. The zero-order valence-corrected chi connectivity index (χ0v) is 46.1. The number of nitrogens with one attached hydrogen (secondary N) is 8. The third-order valence-corrected chi connectivity index (χ3v) is 13.9. The molecule has 9 N–H and O–H groups in total. The first-order chi connectivity index (χ1) is 39.1. The van der Waals surface area contributed by atoms with Crippen molar-refractivity contribution in [3.63, 3.8) is 0 Å². The van der Waals surface area contributed by atoms with Gasteiger partial charge in [0.15, 0.2) is 0 Å². The summed E-state index contributed by atoms with van der Waals surface area (Å²) in [6.45, 7) is 2.36. The first-order valence-electron chi connectivity index (χ1n) is 27.8. The number of hydrogen-bond donors (Lipinski definition) is 9. The summed E-state index contributed by atoms with van der Waals surface area (Å²) >= 11 is 0. The molecule has 0 saturated heterocycles. The number of carboxylic acid groups (broad SMARTS) is 1. The van der Waals surface area contributed by atoms with Crippen molar-refractivity contribution < 1.29 is 67.2 Å². The van der Waals surface area contributed by atoms with E-state index in [-0.39, 0.29) is 44.2 Å². The van der Waals surface area contributed by atoms with Crippen molar-refractivity contribution in [1.82, 2.24) is 42.5 Å². The molecule has 0 heterocycles.